The van der Waals surface area contributed by atoms with Crippen LogP contribution in [0.5, 0.6) is 0 Å². The van der Waals surface area contributed by atoms with Crippen LogP contribution in [0, 0.1) is 5.92 Å². The fourth-order valence-corrected chi connectivity index (χ4v) is 2.84. The monoisotopic (exact) mass is 239 g/mol. The number of nitrogens with zero attached hydrogens (tertiary/aromatic N) is 1. The van der Waals surface area contributed by atoms with E-state index in [0.717, 1.165) is 16.5 Å². The van der Waals surface area contributed by atoms with Crippen molar-refractivity contribution in [3.05, 3.63) is 42.1 Å². The van der Waals surface area contributed by atoms with Crippen molar-refractivity contribution in [1.29, 1.82) is 0 Å². The molecule has 0 atom stereocenters. The van der Waals surface area contributed by atoms with Crippen LogP contribution in [-0.2, 0) is 0 Å². The quantitative estimate of drug-likeness (QED) is 0.758. The van der Waals surface area contributed by atoms with Gasteiger partial charge in [-0.25, -0.2) is 0 Å². The molecule has 0 saturated heterocycles. The van der Waals surface area contributed by atoms with E-state index in [4.69, 9.17) is 0 Å². The minimum atomic E-state index is 0.285. The van der Waals surface area contributed by atoms with Gasteiger partial charge in [-0.1, -0.05) is 31.7 Å². The standard InChI is InChI=1S/C16H17NO/c18-16(10-12-4-1-2-5-12)14-7-8-15-13(11-14)6-3-9-17-15/h3,6-9,11-12H,1-2,4-5,10H2. The van der Waals surface area contributed by atoms with Crippen LogP contribution in [0.25, 0.3) is 10.9 Å². The molecule has 2 nitrogen and oxygen atoms in total. The second-order valence-electron chi connectivity index (χ2n) is 5.19. The largest absolute Gasteiger partial charge is 0.294 e. The van der Waals surface area contributed by atoms with Gasteiger partial charge in [0.2, 0.25) is 0 Å². The first-order valence-corrected chi connectivity index (χ1v) is 6.71. The molecule has 1 fully saturated rings. The Kier molecular flexibility index (Phi) is 3.09. The number of hydrogen-bond donors (Lipinski definition) is 0. The van der Waals surface area contributed by atoms with E-state index in [9.17, 15) is 4.79 Å². The summed E-state index contributed by atoms with van der Waals surface area (Å²) in [4.78, 5) is 16.5. The van der Waals surface area contributed by atoms with Crippen molar-refractivity contribution in [1.82, 2.24) is 4.98 Å². The maximum absolute atomic E-state index is 12.2. The first-order chi connectivity index (χ1) is 8.83. The molecule has 2 heteroatoms. The van der Waals surface area contributed by atoms with Crippen LogP contribution >= 0.6 is 0 Å². The zero-order valence-electron chi connectivity index (χ0n) is 10.4. The summed E-state index contributed by atoms with van der Waals surface area (Å²) in [6, 6.07) is 9.74. The minimum absolute atomic E-state index is 0.285. The van der Waals surface area contributed by atoms with Crippen molar-refractivity contribution in [2.75, 3.05) is 0 Å². The average Bonchev–Trinajstić information content (AvgIpc) is 2.91. The Labute approximate surface area is 107 Å². The summed E-state index contributed by atoms with van der Waals surface area (Å²) in [5.41, 5.74) is 1.79. The minimum Gasteiger partial charge on any atom is -0.294 e. The molecule has 0 spiro atoms. The number of fused-ring (bicyclic) bond motifs is 1. The molecule has 1 aliphatic carbocycles. The number of ketones is 1. The van der Waals surface area contributed by atoms with Gasteiger partial charge in [-0.15, -0.1) is 0 Å². The predicted octanol–water partition coefficient (Wildman–Crippen LogP) is 4.00. The fourth-order valence-electron chi connectivity index (χ4n) is 2.84. The first kappa shape index (κ1) is 11.4. The van der Waals surface area contributed by atoms with E-state index < -0.39 is 0 Å². The molecular formula is C16H17NO. The molecule has 0 N–H and O–H groups in total. The molecule has 1 aliphatic rings. The van der Waals surface area contributed by atoms with E-state index in [0.29, 0.717) is 12.3 Å². The number of hydrogen-bond acceptors (Lipinski definition) is 2. The number of carbonyl (C=O) groups excluding carboxylic acids is 1. The molecule has 1 saturated carbocycles. The summed E-state index contributed by atoms with van der Waals surface area (Å²) in [6.07, 6.45) is 7.52. The number of aromatic nitrogens is 1. The molecule has 0 unspecified atom stereocenters. The fraction of sp³-hybridized carbons (Fsp3) is 0.375. The number of Topliss-reactive ketones (excluding diaryl/α,β-unsaturated/α-hetero) is 1. The zero-order valence-corrected chi connectivity index (χ0v) is 10.4. The van der Waals surface area contributed by atoms with Crippen molar-refractivity contribution in [3.8, 4) is 0 Å². The summed E-state index contributed by atoms with van der Waals surface area (Å²) in [5.74, 6) is 0.898. The smallest absolute Gasteiger partial charge is 0.163 e. The second-order valence-corrected chi connectivity index (χ2v) is 5.19. The Bertz CT molecular complexity index is 570. The normalized spacial score (nSPS) is 16.2. The van der Waals surface area contributed by atoms with Gasteiger partial charge in [0.1, 0.15) is 0 Å². The number of pyridine rings is 1. The van der Waals surface area contributed by atoms with Gasteiger partial charge in [0.25, 0.3) is 0 Å². The molecule has 18 heavy (non-hydrogen) atoms. The Hall–Kier alpha value is -1.70. The highest BCUT2D eigenvalue weighted by Gasteiger charge is 2.19. The molecule has 0 amide bonds. The molecule has 1 aromatic heterocycles. The number of benzene rings is 1. The Morgan fingerprint density at radius 2 is 2.06 bits per heavy atom. The summed E-state index contributed by atoms with van der Waals surface area (Å²) in [7, 11) is 0. The van der Waals surface area contributed by atoms with E-state index in [1.165, 1.54) is 25.7 Å². The molecular weight excluding hydrogens is 222 g/mol. The van der Waals surface area contributed by atoms with Gasteiger partial charge in [-0.05, 0) is 30.2 Å². The Morgan fingerprint density at radius 3 is 2.89 bits per heavy atom. The average molecular weight is 239 g/mol. The van der Waals surface area contributed by atoms with Crippen molar-refractivity contribution >= 4 is 16.7 Å². The molecule has 1 heterocycles. The van der Waals surface area contributed by atoms with E-state index in [1.54, 1.807) is 6.20 Å². The van der Waals surface area contributed by atoms with E-state index in [2.05, 4.69) is 4.98 Å². The van der Waals surface area contributed by atoms with Gasteiger partial charge in [-0.3, -0.25) is 9.78 Å². The van der Waals surface area contributed by atoms with Crippen molar-refractivity contribution in [2.24, 2.45) is 5.92 Å². The molecule has 0 aliphatic heterocycles. The summed E-state index contributed by atoms with van der Waals surface area (Å²) in [5, 5.41) is 1.05. The maximum atomic E-state index is 12.2. The third-order valence-electron chi connectivity index (χ3n) is 3.87. The molecule has 0 radical (unpaired) electrons. The predicted molar refractivity (Wildman–Crippen MR) is 72.6 cm³/mol. The van der Waals surface area contributed by atoms with E-state index >= 15 is 0 Å². The number of rotatable bonds is 3. The van der Waals surface area contributed by atoms with Crippen LogP contribution in [0.3, 0.4) is 0 Å². The van der Waals surface area contributed by atoms with Crippen LogP contribution < -0.4 is 0 Å². The summed E-state index contributed by atoms with van der Waals surface area (Å²) >= 11 is 0. The summed E-state index contributed by atoms with van der Waals surface area (Å²) in [6.45, 7) is 0. The molecule has 3 rings (SSSR count). The molecule has 92 valence electrons. The SMILES string of the molecule is O=C(CC1CCCC1)c1ccc2ncccc2c1. The van der Waals surface area contributed by atoms with E-state index in [-0.39, 0.29) is 5.78 Å². The van der Waals surface area contributed by atoms with Gasteiger partial charge in [0.15, 0.2) is 5.78 Å². The lowest BCUT2D eigenvalue weighted by molar-refractivity contribution is 0.0962. The topological polar surface area (TPSA) is 30.0 Å². The van der Waals surface area contributed by atoms with Gasteiger partial charge in [0.05, 0.1) is 5.52 Å². The third kappa shape index (κ3) is 2.28. The van der Waals surface area contributed by atoms with Crippen LogP contribution in [-0.4, -0.2) is 10.8 Å². The zero-order chi connectivity index (χ0) is 12.4. The van der Waals surface area contributed by atoms with Gasteiger partial charge in [0, 0.05) is 23.6 Å². The summed E-state index contributed by atoms with van der Waals surface area (Å²) < 4.78 is 0. The van der Waals surface area contributed by atoms with Crippen LogP contribution in [0.15, 0.2) is 36.5 Å². The van der Waals surface area contributed by atoms with Crippen molar-refractivity contribution < 1.29 is 4.79 Å². The molecule has 0 bridgehead atoms. The highest BCUT2D eigenvalue weighted by Crippen LogP contribution is 2.29. The third-order valence-corrected chi connectivity index (χ3v) is 3.87. The van der Waals surface area contributed by atoms with E-state index in [1.807, 2.05) is 30.3 Å². The van der Waals surface area contributed by atoms with Gasteiger partial charge < -0.3 is 0 Å². The highest BCUT2D eigenvalue weighted by molar-refractivity contribution is 5.99. The van der Waals surface area contributed by atoms with Crippen LogP contribution in [0.1, 0.15) is 42.5 Å². The second kappa shape index (κ2) is 4.89. The Balaban J connectivity index is 1.82. The lowest BCUT2D eigenvalue weighted by Gasteiger charge is -2.08. The van der Waals surface area contributed by atoms with Crippen LogP contribution in [0.2, 0.25) is 0 Å². The number of carbonyl (C=O) groups is 1. The van der Waals surface area contributed by atoms with Crippen molar-refractivity contribution in [3.63, 3.8) is 0 Å². The maximum Gasteiger partial charge on any atom is 0.163 e. The Morgan fingerprint density at radius 1 is 1.22 bits per heavy atom. The van der Waals surface area contributed by atoms with Gasteiger partial charge >= 0.3 is 0 Å². The van der Waals surface area contributed by atoms with Crippen molar-refractivity contribution in [2.45, 2.75) is 32.1 Å². The lowest BCUT2D eigenvalue weighted by atomic mass is 9.96. The van der Waals surface area contributed by atoms with Crippen LogP contribution in [0.4, 0.5) is 0 Å². The first-order valence-electron chi connectivity index (χ1n) is 6.71. The van der Waals surface area contributed by atoms with Gasteiger partial charge in [-0.2, -0.15) is 0 Å². The lowest BCUT2D eigenvalue weighted by Crippen LogP contribution is -2.05. The highest BCUT2D eigenvalue weighted by atomic mass is 16.1. The molecule has 2 aromatic rings. The molecule has 1 aromatic carbocycles.